The van der Waals surface area contributed by atoms with Crippen LogP contribution in [0.15, 0.2) is 6.07 Å². The molecule has 0 bridgehead atoms. The summed E-state index contributed by atoms with van der Waals surface area (Å²) in [6.07, 6.45) is 4.05. The van der Waals surface area contributed by atoms with E-state index in [4.69, 9.17) is 9.47 Å². The zero-order valence-corrected chi connectivity index (χ0v) is 12.4. The Morgan fingerprint density at radius 3 is 2.80 bits per heavy atom. The first-order valence-corrected chi connectivity index (χ1v) is 7.52. The second-order valence-electron chi connectivity index (χ2n) is 6.05. The molecule has 1 aliphatic carbocycles. The Morgan fingerprint density at radius 2 is 2.10 bits per heavy atom. The quantitative estimate of drug-likeness (QED) is 0.896. The molecule has 2 atom stereocenters. The van der Waals surface area contributed by atoms with Crippen LogP contribution >= 0.6 is 0 Å². The molecule has 3 rings (SSSR count). The minimum Gasteiger partial charge on any atom is -0.475 e. The fourth-order valence-corrected chi connectivity index (χ4v) is 2.73. The summed E-state index contributed by atoms with van der Waals surface area (Å²) in [6, 6.07) is 2.20. The summed E-state index contributed by atoms with van der Waals surface area (Å²) < 4.78 is 11.5. The van der Waals surface area contributed by atoms with Gasteiger partial charge in [0, 0.05) is 18.4 Å². The van der Waals surface area contributed by atoms with Gasteiger partial charge in [-0.05, 0) is 46.0 Å². The summed E-state index contributed by atoms with van der Waals surface area (Å²) in [4.78, 5) is 8.91. The van der Waals surface area contributed by atoms with Crippen molar-refractivity contribution in [2.24, 2.45) is 5.92 Å². The van der Waals surface area contributed by atoms with Crippen LogP contribution in [0.25, 0.3) is 0 Å². The van der Waals surface area contributed by atoms with E-state index in [1.807, 2.05) is 26.8 Å². The van der Waals surface area contributed by atoms with E-state index in [1.165, 1.54) is 12.8 Å². The SMILES string of the molecule is Cc1cc(OC(C)C)nc(NC2CCOC2C2CC2)n1. The Balaban J connectivity index is 1.71. The van der Waals surface area contributed by atoms with Crippen LogP contribution in [0.1, 0.15) is 38.8 Å². The molecule has 20 heavy (non-hydrogen) atoms. The van der Waals surface area contributed by atoms with Crippen molar-refractivity contribution in [1.82, 2.24) is 9.97 Å². The van der Waals surface area contributed by atoms with Crippen LogP contribution in [0.2, 0.25) is 0 Å². The van der Waals surface area contributed by atoms with Crippen LogP contribution in [-0.2, 0) is 4.74 Å². The van der Waals surface area contributed by atoms with E-state index in [-0.39, 0.29) is 6.10 Å². The topological polar surface area (TPSA) is 56.3 Å². The number of hydrogen-bond donors (Lipinski definition) is 1. The third-order valence-electron chi connectivity index (χ3n) is 3.72. The van der Waals surface area contributed by atoms with E-state index in [2.05, 4.69) is 15.3 Å². The van der Waals surface area contributed by atoms with Gasteiger partial charge in [-0.15, -0.1) is 0 Å². The lowest BCUT2D eigenvalue weighted by atomic mass is 10.1. The van der Waals surface area contributed by atoms with E-state index in [9.17, 15) is 0 Å². The molecule has 1 N–H and O–H groups in total. The Morgan fingerprint density at radius 1 is 1.30 bits per heavy atom. The van der Waals surface area contributed by atoms with Gasteiger partial charge in [-0.25, -0.2) is 4.98 Å². The maximum Gasteiger partial charge on any atom is 0.226 e. The average Bonchev–Trinajstić information content (AvgIpc) is 3.09. The van der Waals surface area contributed by atoms with Gasteiger partial charge in [0.15, 0.2) is 0 Å². The lowest BCUT2D eigenvalue weighted by Crippen LogP contribution is -2.31. The number of aryl methyl sites for hydroxylation is 1. The fourth-order valence-electron chi connectivity index (χ4n) is 2.73. The van der Waals surface area contributed by atoms with Crippen molar-refractivity contribution < 1.29 is 9.47 Å². The largest absolute Gasteiger partial charge is 0.475 e. The van der Waals surface area contributed by atoms with Crippen LogP contribution in [0, 0.1) is 12.8 Å². The zero-order chi connectivity index (χ0) is 14.1. The van der Waals surface area contributed by atoms with Gasteiger partial charge in [-0.3, -0.25) is 0 Å². The van der Waals surface area contributed by atoms with Crippen LogP contribution in [0.5, 0.6) is 5.88 Å². The lowest BCUT2D eigenvalue weighted by molar-refractivity contribution is 0.0897. The molecule has 1 aliphatic heterocycles. The summed E-state index contributed by atoms with van der Waals surface area (Å²) in [5.41, 5.74) is 0.917. The van der Waals surface area contributed by atoms with Gasteiger partial charge in [0.25, 0.3) is 0 Å². The van der Waals surface area contributed by atoms with Gasteiger partial charge in [-0.1, -0.05) is 0 Å². The molecular weight excluding hydrogens is 254 g/mol. The smallest absolute Gasteiger partial charge is 0.226 e. The molecule has 110 valence electrons. The third-order valence-corrected chi connectivity index (χ3v) is 3.72. The second kappa shape index (κ2) is 5.56. The molecule has 1 aromatic rings. The normalized spacial score (nSPS) is 26.0. The maximum atomic E-state index is 5.84. The van der Waals surface area contributed by atoms with Gasteiger partial charge in [-0.2, -0.15) is 4.98 Å². The molecule has 5 nitrogen and oxygen atoms in total. The molecule has 0 spiro atoms. The first-order valence-electron chi connectivity index (χ1n) is 7.52. The zero-order valence-electron chi connectivity index (χ0n) is 12.4. The Kier molecular flexibility index (Phi) is 3.78. The molecule has 2 heterocycles. The van der Waals surface area contributed by atoms with Crippen molar-refractivity contribution in [1.29, 1.82) is 0 Å². The number of hydrogen-bond acceptors (Lipinski definition) is 5. The molecule has 1 saturated carbocycles. The average molecular weight is 277 g/mol. The van der Waals surface area contributed by atoms with E-state index in [0.717, 1.165) is 24.6 Å². The Bertz CT molecular complexity index is 474. The van der Waals surface area contributed by atoms with Crippen LogP contribution in [0.3, 0.4) is 0 Å². The van der Waals surface area contributed by atoms with Crippen molar-refractivity contribution in [2.45, 2.75) is 58.3 Å². The molecular formula is C15H23N3O2. The third kappa shape index (κ3) is 3.20. The molecule has 5 heteroatoms. The van der Waals surface area contributed by atoms with E-state index < -0.39 is 0 Å². The number of aromatic nitrogens is 2. The van der Waals surface area contributed by atoms with Gasteiger partial charge < -0.3 is 14.8 Å². The van der Waals surface area contributed by atoms with E-state index in [1.54, 1.807) is 0 Å². The van der Waals surface area contributed by atoms with Crippen LogP contribution in [0.4, 0.5) is 5.95 Å². The van der Waals surface area contributed by atoms with Gasteiger partial charge in [0.2, 0.25) is 11.8 Å². The summed E-state index contributed by atoms with van der Waals surface area (Å²) in [5.74, 6) is 2.02. The molecule has 2 unspecified atom stereocenters. The number of rotatable bonds is 5. The molecule has 2 aliphatic rings. The van der Waals surface area contributed by atoms with Crippen molar-refractivity contribution in [2.75, 3.05) is 11.9 Å². The minimum absolute atomic E-state index is 0.117. The molecule has 1 aromatic heterocycles. The predicted octanol–water partition coefficient (Wildman–Crippen LogP) is 2.55. The van der Waals surface area contributed by atoms with E-state index >= 15 is 0 Å². The summed E-state index contributed by atoms with van der Waals surface area (Å²) in [7, 11) is 0. The fraction of sp³-hybridized carbons (Fsp3) is 0.733. The lowest BCUT2D eigenvalue weighted by Gasteiger charge is -2.20. The van der Waals surface area contributed by atoms with Crippen molar-refractivity contribution in [3.63, 3.8) is 0 Å². The highest BCUT2D eigenvalue weighted by atomic mass is 16.5. The predicted molar refractivity (Wildman–Crippen MR) is 77.0 cm³/mol. The summed E-state index contributed by atoms with van der Waals surface area (Å²) >= 11 is 0. The Hall–Kier alpha value is -1.36. The number of nitrogens with one attached hydrogen (secondary N) is 1. The highest BCUT2D eigenvalue weighted by Gasteiger charge is 2.40. The van der Waals surface area contributed by atoms with Crippen LogP contribution in [-0.4, -0.2) is 34.8 Å². The van der Waals surface area contributed by atoms with Crippen molar-refractivity contribution in [3.8, 4) is 5.88 Å². The molecule has 1 saturated heterocycles. The van der Waals surface area contributed by atoms with Gasteiger partial charge >= 0.3 is 0 Å². The molecule has 0 radical (unpaired) electrons. The summed E-state index contributed by atoms with van der Waals surface area (Å²) in [5, 5.41) is 3.44. The van der Waals surface area contributed by atoms with Crippen LogP contribution < -0.4 is 10.1 Å². The summed E-state index contributed by atoms with van der Waals surface area (Å²) in [6.45, 7) is 6.79. The number of anilines is 1. The molecule has 0 aromatic carbocycles. The number of nitrogens with zero attached hydrogens (tertiary/aromatic N) is 2. The molecule has 2 fully saturated rings. The highest BCUT2D eigenvalue weighted by Crippen LogP contribution is 2.39. The van der Waals surface area contributed by atoms with Crippen molar-refractivity contribution >= 4 is 5.95 Å². The van der Waals surface area contributed by atoms with Crippen molar-refractivity contribution in [3.05, 3.63) is 11.8 Å². The van der Waals surface area contributed by atoms with Gasteiger partial charge in [0.05, 0.1) is 18.2 Å². The first kappa shape index (κ1) is 13.6. The Labute approximate surface area is 120 Å². The van der Waals surface area contributed by atoms with Gasteiger partial charge in [0.1, 0.15) is 0 Å². The second-order valence-corrected chi connectivity index (χ2v) is 6.05. The molecule has 0 amide bonds. The first-order chi connectivity index (χ1) is 9.61. The minimum atomic E-state index is 0.117. The number of ether oxygens (including phenoxy) is 2. The maximum absolute atomic E-state index is 5.84. The highest BCUT2D eigenvalue weighted by molar-refractivity contribution is 5.32. The van der Waals surface area contributed by atoms with E-state index in [0.29, 0.717) is 24.0 Å². The standard InChI is InChI=1S/C15H23N3O2/c1-9(2)20-13-8-10(3)16-15(18-13)17-12-6-7-19-14(12)11-4-5-11/h8-9,11-12,14H,4-7H2,1-3H3,(H,16,17,18). The monoisotopic (exact) mass is 277 g/mol.